The number of aromatic nitrogens is 1. The molecule has 3 aromatic rings. The third kappa shape index (κ3) is 2.67. The van der Waals surface area contributed by atoms with E-state index in [1.54, 1.807) is 36.5 Å². The van der Waals surface area contributed by atoms with Crippen LogP contribution in [0.1, 0.15) is 15.9 Å². The van der Waals surface area contributed by atoms with Crippen molar-refractivity contribution in [3.05, 3.63) is 62.2 Å². The van der Waals surface area contributed by atoms with Crippen LogP contribution in [0.2, 0.25) is 10.0 Å². The number of halogens is 3. The number of carbonyl (C=O) groups is 1. The first-order valence-electron chi connectivity index (χ1n) is 6.02. The first kappa shape index (κ1) is 14.4. The van der Waals surface area contributed by atoms with Gasteiger partial charge >= 0.3 is 0 Å². The van der Waals surface area contributed by atoms with Crippen molar-refractivity contribution in [3.63, 3.8) is 0 Å². The highest BCUT2D eigenvalue weighted by atomic mass is 79.9. The lowest BCUT2D eigenvalue weighted by molar-refractivity contribution is 0.104. The summed E-state index contributed by atoms with van der Waals surface area (Å²) in [5.41, 5.74) is 8.00. The molecule has 0 unspecified atom stereocenters. The Bertz CT molecular complexity index is 853. The quantitative estimate of drug-likeness (QED) is 0.480. The molecule has 0 aliphatic carbocycles. The Balaban J connectivity index is 2.18. The molecule has 3 nitrogen and oxygen atoms in total. The van der Waals surface area contributed by atoms with Crippen molar-refractivity contribution in [2.45, 2.75) is 0 Å². The van der Waals surface area contributed by atoms with Crippen molar-refractivity contribution in [3.8, 4) is 0 Å². The maximum atomic E-state index is 12.7. The van der Waals surface area contributed by atoms with Crippen molar-refractivity contribution in [2.24, 2.45) is 0 Å². The highest BCUT2D eigenvalue weighted by molar-refractivity contribution is 9.10. The lowest BCUT2D eigenvalue weighted by atomic mass is 10.0. The van der Waals surface area contributed by atoms with E-state index in [-0.39, 0.29) is 5.78 Å². The predicted molar refractivity (Wildman–Crippen MR) is 90.3 cm³/mol. The average molecular weight is 384 g/mol. The number of anilines is 1. The van der Waals surface area contributed by atoms with Crippen LogP contribution in [0.15, 0.2) is 41.0 Å². The Hall–Kier alpha value is -1.49. The van der Waals surface area contributed by atoms with E-state index in [0.29, 0.717) is 32.2 Å². The van der Waals surface area contributed by atoms with Gasteiger partial charge in [0.1, 0.15) is 0 Å². The molecule has 3 rings (SSSR count). The topological polar surface area (TPSA) is 58.9 Å². The fourth-order valence-electron chi connectivity index (χ4n) is 2.26. The number of hydrogen-bond donors (Lipinski definition) is 2. The summed E-state index contributed by atoms with van der Waals surface area (Å²) in [7, 11) is 0. The summed E-state index contributed by atoms with van der Waals surface area (Å²) >= 11 is 15.5. The summed E-state index contributed by atoms with van der Waals surface area (Å²) < 4.78 is 0.750. The van der Waals surface area contributed by atoms with E-state index >= 15 is 0 Å². The molecule has 0 fully saturated rings. The highest BCUT2D eigenvalue weighted by Gasteiger charge is 2.17. The normalized spacial score (nSPS) is 11.0. The molecule has 0 saturated heterocycles. The van der Waals surface area contributed by atoms with E-state index in [9.17, 15) is 4.79 Å². The summed E-state index contributed by atoms with van der Waals surface area (Å²) in [5.74, 6) is -0.154. The van der Waals surface area contributed by atoms with E-state index in [2.05, 4.69) is 20.9 Å². The van der Waals surface area contributed by atoms with Gasteiger partial charge in [-0.05, 0) is 30.3 Å². The minimum Gasteiger partial charge on any atom is -0.399 e. The molecule has 0 spiro atoms. The summed E-state index contributed by atoms with van der Waals surface area (Å²) in [6.45, 7) is 0. The second-order valence-corrected chi connectivity index (χ2v) is 6.37. The van der Waals surface area contributed by atoms with E-state index in [4.69, 9.17) is 28.9 Å². The number of rotatable bonds is 2. The monoisotopic (exact) mass is 382 g/mol. The minimum atomic E-state index is -0.154. The van der Waals surface area contributed by atoms with Crippen molar-refractivity contribution in [2.75, 3.05) is 5.73 Å². The van der Waals surface area contributed by atoms with E-state index in [1.165, 1.54) is 0 Å². The van der Waals surface area contributed by atoms with Crippen LogP contribution in [0.3, 0.4) is 0 Å². The van der Waals surface area contributed by atoms with Gasteiger partial charge < -0.3 is 10.7 Å². The van der Waals surface area contributed by atoms with Gasteiger partial charge in [0.15, 0.2) is 5.78 Å². The van der Waals surface area contributed by atoms with Gasteiger partial charge in [-0.25, -0.2) is 0 Å². The number of H-pyrrole nitrogens is 1. The summed E-state index contributed by atoms with van der Waals surface area (Å²) in [6, 6.07) is 8.44. The van der Waals surface area contributed by atoms with Crippen LogP contribution in [0.4, 0.5) is 5.69 Å². The second-order valence-electron chi connectivity index (χ2n) is 4.61. The molecule has 0 radical (unpaired) electrons. The Labute approximate surface area is 139 Å². The third-order valence-corrected chi connectivity index (χ3v) is 4.10. The molecule has 6 heteroatoms. The van der Waals surface area contributed by atoms with Crippen molar-refractivity contribution in [1.29, 1.82) is 0 Å². The number of hydrogen-bond acceptors (Lipinski definition) is 2. The molecule has 3 N–H and O–H groups in total. The zero-order valence-electron chi connectivity index (χ0n) is 10.6. The number of nitrogen functional groups attached to an aromatic ring is 1. The number of fused-ring (bicyclic) bond motifs is 1. The summed E-state index contributed by atoms with van der Waals surface area (Å²) in [5, 5.41) is 1.61. The van der Waals surface area contributed by atoms with Crippen molar-refractivity contribution in [1.82, 2.24) is 4.98 Å². The molecule has 0 aliphatic heterocycles. The average Bonchev–Trinajstić information content (AvgIpc) is 2.80. The largest absolute Gasteiger partial charge is 0.399 e. The smallest absolute Gasteiger partial charge is 0.195 e. The van der Waals surface area contributed by atoms with E-state index < -0.39 is 0 Å². The number of nitrogens with one attached hydrogen (secondary N) is 1. The van der Waals surface area contributed by atoms with Gasteiger partial charge in [0.05, 0.1) is 5.02 Å². The second kappa shape index (κ2) is 5.37. The number of ketones is 1. The van der Waals surface area contributed by atoms with Crippen molar-refractivity contribution >= 4 is 61.5 Å². The van der Waals surface area contributed by atoms with Crippen LogP contribution in [-0.2, 0) is 0 Å². The predicted octanol–water partition coefficient (Wildman–Crippen LogP) is 5.05. The zero-order chi connectivity index (χ0) is 15.1. The lowest BCUT2D eigenvalue weighted by Gasteiger charge is -2.04. The van der Waals surface area contributed by atoms with Gasteiger partial charge in [0, 0.05) is 43.4 Å². The van der Waals surface area contributed by atoms with E-state index in [1.807, 2.05) is 0 Å². The van der Waals surface area contributed by atoms with Gasteiger partial charge in [0.25, 0.3) is 0 Å². The van der Waals surface area contributed by atoms with Gasteiger partial charge in [0.2, 0.25) is 0 Å². The van der Waals surface area contributed by atoms with Crippen LogP contribution in [-0.4, -0.2) is 10.8 Å². The molecule has 0 bridgehead atoms. The lowest BCUT2D eigenvalue weighted by Crippen LogP contribution is -2.02. The fraction of sp³-hybridized carbons (Fsp3) is 0. The highest BCUT2D eigenvalue weighted by Crippen LogP contribution is 2.32. The summed E-state index contributed by atoms with van der Waals surface area (Å²) in [4.78, 5) is 15.7. The standard InChI is InChI=1S/C15H9BrCl2N2O/c16-8-1-7(2-10(19)3-8)15(21)11-6-20-13-5-9(17)4-12(18)14(11)13/h1-6,20H,19H2. The van der Waals surface area contributed by atoms with Gasteiger partial charge in [-0.1, -0.05) is 39.1 Å². The maximum Gasteiger partial charge on any atom is 0.195 e. The molecule has 0 saturated carbocycles. The molecule has 21 heavy (non-hydrogen) atoms. The fourth-order valence-corrected chi connectivity index (χ4v) is 3.37. The number of aromatic amines is 1. The number of nitrogens with two attached hydrogens (primary N) is 1. The Kier molecular flexibility index (Phi) is 3.69. The first-order valence-corrected chi connectivity index (χ1v) is 7.57. The molecule has 106 valence electrons. The number of benzene rings is 2. The molecule has 0 atom stereocenters. The van der Waals surface area contributed by atoms with E-state index in [0.717, 1.165) is 9.99 Å². The van der Waals surface area contributed by atoms with Crippen LogP contribution >= 0.6 is 39.1 Å². The van der Waals surface area contributed by atoms with Gasteiger partial charge in [-0.2, -0.15) is 0 Å². The Morgan fingerprint density at radius 1 is 1.14 bits per heavy atom. The van der Waals surface area contributed by atoms with Crippen LogP contribution in [0.5, 0.6) is 0 Å². The molecule has 1 aromatic heterocycles. The van der Waals surface area contributed by atoms with Crippen LogP contribution < -0.4 is 5.73 Å². The molecular weight excluding hydrogens is 375 g/mol. The third-order valence-electron chi connectivity index (χ3n) is 3.12. The van der Waals surface area contributed by atoms with Crippen molar-refractivity contribution < 1.29 is 4.79 Å². The van der Waals surface area contributed by atoms with Gasteiger partial charge in [-0.15, -0.1) is 0 Å². The molecule has 2 aromatic carbocycles. The van der Waals surface area contributed by atoms with Crippen LogP contribution in [0.25, 0.3) is 10.9 Å². The molecular formula is C15H9BrCl2N2O. The van der Waals surface area contributed by atoms with Crippen LogP contribution in [0, 0.1) is 0 Å². The van der Waals surface area contributed by atoms with Gasteiger partial charge in [-0.3, -0.25) is 4.79 Å². The summed E-state index contributed by atoms with van der Waals surface area (Å²) in [6.07, 6.45) is 1.63. The molecule has 0 amide bonds. The maximum absolute atomic E-state index is 12.7. The first-order chi connectivity index (χ1) is 9.95. The number of carbonyl (C=O) groups excluding carboxylic acids is 1. The minimum absolute atomic E-state index is 0.154. The Morgan fingerprint density at radius 3 is 2.62 bits per heavy atom. The molecule has 0 aliphatic rings. The Morgan fingerprint density at radius 2 is 1.90 bits per heavy atom. The zero-order valence-corrected chi connectivity index (χ0v) is 13.7. The SMILES string of the molecule is Nc1cc(Br)cc(C(=O)c2c[nH]c3cc(Cl)cc(Cl)c23)c1. The molecule has 1 heterocycles.